The van der Waals surface area contributed by atoms with Gasteiger partial charge in [0.1, 0.15) is 11.4 Å². The number of amidine groups is 1. The molecule has 0 aromatic heterocycles. The maximum absolute atomic E-state index is 12.0. The van der Waals surface area contributed by atoms with E-state index < -0.39 is 5.54 Å². The first-order valence-electron chi connectivity index (χ1n) is 6.10. The summed E-state index contributed by atoms with van der Waals surface area (Å²) >= 11 is 0. The second-order valence-electron chi connectivity index (χ2n) is 5.56. The summed E-state index contributed by atoms with van der Waals surface area (Å²) in [5, 5.41) is 0. The van der Waals surface area contributed by atoms with Gasteiger partial charge in [-0.25, -0.2) is 4.79 Å². The monoisotopic (exact) mass is 249 g/mol. The smallest absolute Gasteiger partial charge is 0.347 e. The van der Waals surface area contributed by atoms with Crippen LogP contribution >= 0.6 is 0 Å². The molecule has 2 aliphatic rings. The molecule has 2 aliphatic heterocycles. The number of terminal acetylenes is 1. The minimum Gasteiger partial charge on any atom is -0.385 e. The largest absolute Gasteiger partial charge is 0.385 e. The second kappa shape index (κ2) is 3.99. The molecule has 0 saturated carbocycles. The first-order valence-corrected chi connectivity index (χ1v) is 6.10. The van der Waals surface area contributed by atoms with Crippen molar-refractivity contribution < 1.29 is 9.53 Å². The van der Waals surface area contributed by atoms with Gasteiger partial charge in [-0.2, -0.15) is 4.99 Å². The molecule has 0 aliphatic carbocycles. The number of aliphatic imine (C=N–C) groups is 1. The van der Waals surface area contributed by atoms with E-state index in [1.54, 1.807) is 4.90 Å². The number of hydrogen-bond acceptors (Lipinski definition) is 3. The Kier molecular flexibility index (Phi) is 2.86. The van der Waals surface area contributed by atoms with Crippen LogP contribution in [0.1, 0.15) is 33.6 Å². The minimum atomic E-state index is -0.579. The summed E-state index contributed by atoms with van der Waals surface area (Å²) in [7, 11) is 0. The molecule has 1 saturated heterocycles. The Morgan fingerprint density at radius 2 is 2.28 bits per heavy atom. The Labute approximate surface area is 107 Å². The van der Waals surface area contributed by atoms with Crippen LogP contribution in [-0.4, -0.2) is 40.6 Å². The van der Waals surface area contributed by atoms with Crippen molar-refractivity contribution >= 4 is 11.9 Å². The third-order valence-electron chi connectivity index (χ3n) is 3.72. The highest BCUT2D eigenvalue weighted by Crippen LogP contribution is 2.40. The molecule has 1 fully saturated rings. The maximum Gasteiger partial charge on any atom is 0.347 e. The lowest BCUT2D eigenvalue weighted by Crippen LogP contribution is -2.62. The van der Waals surface area contributed by atoms with Crippen LogP contribution in [0.25, 0.3) is 0 Å². The molecule has 2 rings (SSSR count). The van der Waals surface area contributed by atoms with Gasteiger partial charge in [-0.15, -0.1) is 6.42 Å². The van der Waals surface area contributed by atoms with Crippen LogP contribution in [0.2, 0.25) is 0 Å². The Hall–Kier alpha value is -1.54. The molecule has 18 heavy (non-hydrogen) atoms. The number of hydrogen-bond donors (Lipinski definition) is 1. The van der Waals surface area contributed by atoms with E-state index in [0.29, 0.717) is 25.3 Å². The normalized spacial score (nSPS) is 32.2. The van der Waals surface area contributed by atoms with Gasteiger partial charge in [0, 0.05) is 19.4 Å². The molecule has 0 radical (unpaired) electrons. The van der Waals surface area contributed by atoms with E-state index in [4.69, 9.17) is 16.9 Å². The number of urea groups is 1. The first-order chi connectivity index (χ1) is 8.32. The van der Waals surface area contributed by atoms with Gasteiger partial charge in [0.15, 0.2) is 0 Å². The minimum absolute atomic E-state index is 0.323. The zero-order valence-electron chi connectivity index (χ0n) is 11.1. The lowest BCUT2D eigenvalue weighted by atomic mass is 9.79. The van der Waals surface area contributed by atoms with Gasteiger partial charge in [-0.3, -0.25) is 4.90 Å². The van der Waals surface area contributed by atoms with E-state index in [0.717, 1.165) is 0 Å². The summed E-state index contributed by atoms with van der Waals surface area (Å²) in [6.45, 7) is 6.34. The van der Waals surface area contributed by atoms with Crippen molar-refractivity contribution in [3.63, 3.8) is 0 Å². The van der Waals surface area contributed by atoms with Crippen molar-refractivity contribution in [3.8, 4) is 12.3 Å². The summed E-state index contributed by atoms with van der Waals surface area (Å²) in [5.41, 5.74) is 5.09. The van der Waals surface area contributed by atoms with Crippen molar-refractivity contribution in [2.45, 2.75) is 50.8 Å². The molecule has 2 heterocycles. The van der Waals surface area contributed by atoms with E-state index in [1.807, 2.05) is 20.8 Å². The van der Waals surface area contributed by atoms with Crippen LogP contribution in [0.3, 0.4) is 0 Å². The van der Waals surface area contributed by atoms with Crippen molar-refractivity contribution in [3.05, 3.63) is 0 Å². The fourth-order valence-electron chi connectivity index (χ4n) is 2.94. The molecule has 2 unspecified atom stereocenters. The van der Waals surface area contributed by atoms with Crippen molar-refractivity contribution in [2.24, 2.45) is 10.7 Å². The molecule has 2 N–H and O–H groups in total. The lowest BCUT2D eigenvalue weighted by Gasteiger charge is -2.47. The number of carbonyl (C=O) groups is 1. The fourth-order valence-corrected chi connectivity index (χ4v) is 2.94. The first kappa shape index (κ1) is 12.9. The summed E-state index contributed by atoms with van der Waals surface area (Å²) in [6, 6.07) is -0.660. The zero-order chi connectivity index (χ0) is 13.6. The van der Waals surface area contributed by atoms with Crippen LogP contribution in [0, 0.1) is 12.3 Å². The zero-order valence-corrected chi connectivity index (χ0v) is 11.1. The molecule has 2 amide bonds. The predicted molar refractivity (Wildman–Crippen MR) is 69.1 cm³/mol. The van der Waals surface area contributed by atoms with Gasteiger partial charge in [-0.1, -0.05) is 5.92 Å². The van der Waals surface area contributed by atoms with Crippen molar-refractivity contribution in [1.29, 1.82) is 0 Å². The number of nitrogens with zero attached hydrogens (tertiary/aromatic N) is 2. The number of amides is 2. The predicted octanol–water partition coefficient (Wildman–Crippen LogP) is 1.13. The molecular weight excluding hydrogens is 230 g/mol. The van der Waals surface area contributed by atoms with E-state index in [-0.39, 0.29) is 17.7 Å². The Morgan fingerprint density at radius 1 is 1.61 bits per heavy atom. The number of rotatable bonds is 1. The molecule has 0 bridgehead atoms. The van der Waals surface area contributed by atoms with E-state index in [9.17, 15) is 4.79 Å². The van der Waals surface area contributed by atoms with Gasteiger partial charge in [0.05, 0.1) is 11.6 Å². The third kappa shape index (κ3) is 1.77. The molecule has 2 atom stereocenters. The average molecular weight is 249 g/mol. The summed E-state index contributed by atoms with van der Waals surface area (Å²) < 4.78 is 5.70. The van der Waals surface area contributed by atoms with Crippen molar-refractivity contribution in [1.82, 2.24) is 4.90 Å². The van der Waals surface area contributed by atoms with E-state index >= 15 is 0 Å². The quantitative estimate of drug-likeness (QED) is 0.708. The SMILES string of the molecule is C#CC(C)N1C(=O)N=C(N)C12CCOC(C)(C)C2. The maximum atomic E-state index is 12.0. The highest BCUT2D eigenvalue weighted by molar-refractivity contribution is 6.06. The van der Waals surface area contributed by atoms with Gasteiger partial charge in [0.25, 0.3) is 0 Å². The number of ether oxygens (including phenoxy) is 1. The molecule has 1 spiro atoms. The van der Waals surface area contributed by atoms with Crippen LogP contribution < -0.4 is 5.73 Å². The molecule has 98 valence electrons. The van der Waals surface area contributed by atoms with Gasteiger partial charge in [-0.05, 0) is 20.8 Å². The Bertz CT molecular complexity index is 450. The molecule has 0 aromatic rings. The van der Waals surface area contributed by atoms with Gasteiger partial charge in [0.2, 0.25) is 0 Å². The molecule has 5 nitrogen and oxygen atoms in total. The number of nitrogens with two attached hydrogens (primary N) is 1. The third-order valence-corrected chi connectivity index (χ3v) is 3.72. The highest BCUT2D eigenvalue weighted by Gasteiger charge is 2.54. The summed E-state index contributed by atoms with van der Waals surface area (Å²) in [6.07, 6.45) is 6.71. The second-order valence-corrected chi connectivity index (χ2v) is 5.56. The van der Waals surface area contributed by atoms with Crippen LogP contribution in [-0.2, 0) is 4.74 Å². The molecular formula is C13H19N3O2. The van der Waals surface area contributed by atoms with Gasteiger partial charge < -0.3 is 10.5 Å². The van der Waals surface area contributed by atoms with Crippen molar-refractivity contribution in [2.75, 3.05) is 6.61 Å². The Morgan fingerprint density at radius 3 is 2.83 bits per heavy atom. The van der Waals surface area contributed by atoms with E-state index in [2.05, 4.69) is 10.9 Å². The van der Waals surface area contributed by atoms with Crippen LogP contribution in [0.4, 0.5) is 4.79 Å². The van der Waals surface area contributed by atoms with Crippen LogP contribution in [0.5, 0.6) is 0 Å². The van der Waals surface area contributed by atoms with E-state index in [1.165, 1.54) is 0 Å². The van der Waals surface area contributed by atoms with Crippen LogP contribution in [0.15, 0.2) is 4.99 Å². The number of carbonyl (C=O) groups excluding carboxylic acids is 1. The Balaban J connectivity index is 2.42. The topological polar surface area (TPSA) is 67.9 Å². The lowest BCUT2D eigenvalue weighted by molar-refractivity contribution is -0.0912. The average Bonchev–Trinajstić information content (AvgIpc) is 2.48. The summed E-state index contributed by atoms with van der Waals surface area (Å²) in [4.78, 5) is 17.5. The standard InChI is InChI=1S/C13H19N3O2/c1-5-9(2)16-11(17)15-10(14)13(16)6-7-18-12(3,4)8-13/h1,9H,6-8H2,2-4H3,(H2,14,15,17). The summed E-state index contributed by atoms with van der Waals surface area (Å²) in [5.74, 6) is 2.96. The molecule has 0 aromatic carbocycles. The highest BCUT2D eigenvalue weighted by atomic mass is 16.5. The fraction of sp³-hybridized carbons (Fsp3) is 0.692. The molecule has 5 heteroatoms. The van der Waals surface area contributed by atoms with Gasteiger partial charge >= 0.3 is 6.03 Å².